The first kappa shape index (κ1) is 6.58. The van der Waals surface area contributed by atoms with Gasteiger partial charge in [-0.3, -0.25) is 0 Å². The average molecular weight is 144 g/mol. The van der Waals surface area contributed by atoms with Crippen LogP contribution in [0.2, 0.25) is 0 Å². The molecule has 0 saturated carbocycles. The van der Waals surface area contributed by atoms with Crippen LogP contribution in [-0.4, -0.2) is 38.1 Å². The van der Waals surface area contributed by atoms with E-state index in [1.54, 1.807) is 0 Å². The molecule has 2 saturated heterocycles. The van der Waals surface area contributed by atoms with Gasteiger partial charge in [-0.05, 0) is 0 Å². The molecule has 0 aromatic rings. The van der Waals surface area contributed by atoms with Gasteiger partial charge in [-0.2, -0.15) is 0 Å². The van der Waals surface area contributed by atoms with E-state index in [2.05, 4.69) is 0 Å². The molecule has 2 rings (SSSR count). The van der Waals surface area contributed by atoms with Crippen LogP contribution >= 0.6 is 0 Å². The molecule has 0 aliphatic carbocycles. The lowest BCUT2D eigenvalue weighted by molar-refractivity contribution is -0.223. The van der Waals surface area contributed by atoms with Crippen LogP contribution in [0.5, 0.6) is 0 Å². The van der Waals surface area contributed by atoms with Crippen LogP contribution in [0.15, 0.2) is 0 Å². The topological polar surface area (TPSA) is 38.7 Å². The third-order valence-corrected chi connectivity index (χ3v) is 2.60. The normalized spacial score (nSPS) is 30.9. The van der Waals surface area contributed by atoms with Crippen molar-refractivity contribution in [3.63, 3.8) is 0 Å². The summed E-state index contributed by atoms with van der Waals surface area (Å²) in [5.74, 6) is 0.547. The Morgan fingerprint density at radius 1 is 1.30 bits per heavy atom. The Kier molecular flexibility index (Phi) is 1.44. The molecule has 0 spiro atoms. The molecule has 2 heterocycles. The Bertz CT molecular complexity index is 121. The van der Waals surface area contributed by atoms with Gasteiger partial charge in [0, 0.05) is 11.3 Å². The monoisotopic (exact) mass is 144 g/mol. The van der Waals surface area contributed by atoms with Crippen molar-refractivity contribution in [2.75, 3.05) is 33.0 Å². The smallest absolute Gasteiger partial charge is 0.0571 e. The molecule has 0 atom stereocenters. The largest absolute Gasteiger partial charge is 0.396 e. The van der Waals surface area contributed by atoms with Gasteiger partial charge in [-0.15, -0.1) is 0 Å². The molecular formula is C7H12O3. The van der Waals surface area contributed by atoms with Gasteiger partial charge in [0.2, 0.25) is 0 Å². The highest BCUT2D eigenvalue weighted by Crippen LogP contribution is 2.39. The van der Waals surface area contributed by atoms with Crippen LogP contribution in [0.1, 0.15) is 0 Å². The zero-order chi connectivity index (χ0) is 7.03. The molecule has 0 aromatic heterocycles. The number of rotatable bonds is 2. The maximum Gasteiger partial charge on any atom is 0.0571 e. The second-order valence-corrected chi connectivity index (χ2v) is 3.25. The van der Waals surface area contributed by atoms with E-state index >= 15 is 0 Å². The van der Waals surface area contributed by atoms with Crippen molar-refractivity contribution in [3.8, 4) is 0 Å². The van der Waals surface area contributed by atoms with Crippen LogP contribution in [0.25, 0.3) is 0 Å². The zero-order valence-corrected chi connectivity index (χ0v) is 5.88. The average Bonchev–Trinajstić information content (AvgIpc) is 1.73. The highest BCUT2D eigenvalue weighted by atomic mass is 16.5. The molecule has 58 valence electrons. The first-order chi connectivity index (χ1) is 4.87. The molecule has 0 radical (unpaired) electrons. The Morgan fingerprint density at radius 2 is 2.00 bits per heavy atom. The van der Waals surface area contributed by atoms with Crippen LogP contribution < -0.4 is 0 Å². The van der Waals surface area contributed by atoms with Crippen molar-refractivity contribution in [2.24, 2.45) is 11.3 Å². The molecule has 0 amide bonds. The van der Waals surface area contributed by atoms with E-state index in [1.807, 2.05) is 0 Å². The third-order valence-electron chi connectivity index (χ3n) is 2.60. The summed E-state index contributed by atoms with van der Waals surface area (Å²) in [6.45, 7) is 3.31. The van der Waals surface area contributed by atoms with Crippen molar-refractivity contribution in [1.29, 1.82) is 0 Å². The minimum atomic E-state index is 0.0677. The summed E-state index contributed by atoms with van der Waals surface area (Å²) in [5, 5.41) is 9.04. The van der Waals surface area contributed by atoms with Gasteiger partial charge in [0.1, 0.15) is 0 Å². The quantitative estimate of drug-likeness (QED) is 0.575. The molecular weight excluding hydrogens is 132 g/mol. The number of hydrogen-bond acceptors (Lipinski definition) is 3. The summed E-state index contributed by atoms with van der Waals surface area (Å²) in [6.07, 6.45) is 0. The van der Waals surface area contributed by atoms with E-state index in [-0.39, 0.29) is 12.0 Å². The standard InChI is InChI=1S/C7H12O3/c8-3-7(4-10-5-7)6-1-9-2-6/h6,8H,1-5H2. The van der Waals surface area contributed by atoms with Crippen LogP contribution in [0, 0.1) is 11.3 Å². The van der Waals surface area contributed by atoms with Crippen molar-refractivity contribution < 1.29 is 14.6 Å². The maximum absolute atomic E-state index is 9.04. The van der Waals surface area contributed by atoms with E-state index in [4.69, 9.17) is 14.6 Å². The fourth-order valence-corrected chi connectivity index (χ4v) is 1.41. The van der Waals surface area contributed by atoms with Crippen LogP contribution in [0.4, 0.5) is 0 Å². The second kappa shape index (κ2) is 2.19. The van der Waals surface area contributed by atoms with Gasteiger partial charge in [0.15, 0.2) is 0 Å². The Labute approximate surface area is 59.9 Å². The second-order valence-electron chi connectivity index (χ2n) is 3.25. The first-order valence-corrected chi connectivity index (χ1v) is 3.64. The van der Waals surface area contributed by atoms with E-state index in [0.29, 0.717) is 5.92 Å². The fourth-order valence-electron chi connectivity index (χ4n) is 1.41. The predicted molar refractivity (Wildman–Crippen MR) is 34.6 cm³/mol. The summed E-state index contributed by atoms with van der Waals surface area (Å²) in [6, 6.07) is 0. The van der Waals surface area contributed by atoms with Crippen molar-refractivity contribution in [2.45, 2.75) is 0 Å². The molecule has 3 nitrogen and oxygen atoms in total. The molecule has 2 fully saturated rings. The van der Waals surface area contributed by atoms with Gasteiger partial charge in [0.25, 0.3) is 0 Å². The molecule has 2 aliphatic rings. The third kappa shape index (κ3) is 0.713. The Morgan fingerprint density at radius 3 is 2.10 bits per heavy atom. The van der Waals surface area contributed by atoms with E-state index < -0.39 is 0 Å². The van der Waals surface area contributed by atoms with Gasteiger partial charge >= 0.3 is 0 Å². The van der Waals surface area contributed by atoms with Crippen molar-refractivity contribution in [3.05, 3.63) is 0 Å². The number of aliphatic hydroxyl groups is 1. The zero-order valence-electron chi connectivity index (χ0n) is 5.88. The van der Waals surface area contributed by atoms with Crippen LogP contribution in [-0.2, 0) is 9.47 Å². The van der Waals surface area contributed by atoms with Crippen LogP contribution in [0.3, 0.4) is 0 Å². The minimum absolute atomic E-state index is 0.0677. The summed E-state index contributed by atoms with van der Waals surface area (Å²) < 4.78 is 10.1. The number of aliphatic hydroxyl groups excluding tert-OH is 1. The molecule has 0 aromatic carbocycles. The lowest BCUT2D eigenvalue weighted by atomic mass is 9.73. The fraction of sp³-hybridized carbons (Fsp3) is 1.00. The first-order valence-electron chi connectivity index (χ1n) is 3.64. The van der Waals surface area contributed by atoms with E-state index in [0.717, 1.165) is 26.4 Å². The summed E-state index contributed by atoms with van der Waals surface area (Å²) >= 11 is 0. The SMILES string of the molecule is OCC1(C2COC2)COC1. The van der Waals surface area contributed by atoms with Gasteiger partial charge in [-0.1, -0.05) is 0 Å². The summed E-state index contributed by atoms with van der Waals surface area (Å²) in [5.41, 5.74) is 0.0677. The molecule has 2 aliphatic heterocycles. The van der Waals surface area contributed by atoms with E-state index in [1.165, 1.54) is 0 Å². The molecule has 0 unspecified atom stereocenters. The number of ether oxygens (including phenoxy) is 2. The minimum Gasteiger partial charge on any atom is -0.396 e. The Hall–Kier alpha value is -0.120. The van der Waals surface area contributed by atoms with E-state index in [9.17, 15) is 0 Å². The van der Waals surface area contributed by atoms with Gasteiger partial charge in [-0.25, -0.2) is 0 Å². The van der Waals surface area contributed by atoms with Gasteiger partial charge < -0.3 is 14.6 Å². The summed E-state index contributed by atoms with van der Waals surface area (Å²) in [4.78, 5) is 0. The number of hydrogen-bond donors (Lipinski definition) is 1. The van der Waals surface area contributed by atoms with Crippen molar-refractivity contribution >= 4 is 0 Å². The van der Waals surface area contributed by atoms with Gasteiger partial charge in [0.05, 0.1) is 33.0 Å². The highest BCUT2D eigenvalue weighted by molar-refractivity contribution is 4.94. The molecule has 0 bridgehead atoms. The maximum atomic E-state index is 9.04. The lowest BCUT2D eigenvalue weighted by Crippen LogP contribution is -2.57. The highest BCUT2D eigenvalue weighted by Gasteiger charge is 2.48. The Balaban J connectivity index is 1.96. The molecule has 10 heavy (non-hydrogen) atoms. The molecule has 1 N–H and O–H groups in total. The van der Waals surface area contributed by atoms with Crippen molar-refractivity contribution in [1.82, 2.24) is 0 Å². The lowest BCUT2D eigenvalue weighted by Gasteiger charge is -2.49. The predicted octanol–water partition coefficient (Wildman–Crippen LogP) is -0.358. The summed E-state index contributed by atoms with van der Waals surface area (Å²) in [7, 11) is 0. The molecule has 3 heteroatoms.